The normalized spacial score (nSPS) is 12.4. The van der Waals surface area contributed by atoms with Gasteiger partial charge in [0.1, 0.15) is 23.4 Å². The second kappa shape index (κ2) is 5.46. The van der Waals surface area contributed by atoms with Gasteiger partial charge in [-0.25, -0.2) is 0 Å². The van der Waals surface area contributed by atoms with Gasteiger partial charge in [-0.05, 0) is 42.8 Å². The van der Waals surface area contributed by atoms with Gasteiger partial charge >= 0.3 is 0 Å². The Morgan fingerprint density at radius 1 is 1.33 bits per heavy atom. The maximum absolute atomic E-state index is 10.1. The quantitative estimate of drug-likeness (QED) is 0.921. The zero-order valence-electron chi connectivity index (χ0n) is 10.3. The molecule has 4 heteroatoms. The molecule has 0 fully saturated rings. The van der Waals surface area contributed by atoms with Crippen molar-refractivity contribution in [2.75, 3.05) is 7.11 Å². The van der Waals surface area contributed by atoms with E-state index >= 15 is 0 Å². The van der Waals surface area contributed by atoms with E-state index in [0.717, 1.165) is 11.3 Å². The van der Waals surface area contributed by atoms with Gasteiger partial charge in [-0.15, -0.1) is 0 Å². The minimum absolute atomic E-state index is 0.399. The van der Waals surface area contributed by atoms with Crippen molar-refractivity contribution in [3.8, 4) is 5.75 Å². The Morgan fingerprint density at radius 2 is 2.11 bits per heavy atom. The fourth-order valence-corrected chi connectivity index (χ4v) is 2.04. The van der Waals surface area contributed by atoms with Crippen LogP contribution in [0.2, 0.25) is 5.02 Å². The smallest absolute Gasteiger partial charge is 0.132 e. The third-order valence-corrected chi connectivity index (χ3v) is 2.98. The highest BCUT2D eigenvalue weighted by atomic mass is 35.5. The van der Waals surface area contributed by atoms with Crippen LogP contribution in [0.1, 0.15) is 23.2 Å². The van der Waals surface area contributed by atoms with Crippen molar-refractivity contribution in [3.05, 3.63) is 52.4 Å². The second-order valence-corrected chi connectivity index (χ2v) is 4.56. The van der Waals surface area contributed by atoms with Crippen LogP contribution in [0.25, 0.3) is 0 Å². The molecular weight excluding hydrogens is 252 g/mol. The Balaban J connectivity index is 2.20. The summed E-state index contributed by atoms with van der Waals surface area (Å²) in [6.07, 6.45) is -0.303. The molecule has 0 spiro atoms. The van der Waals surface area contributed by atoms with E-state index in [4.69, 9.17) is 20.8 Å². The van der Waals surface area contributed by atoms with Crippen LogP contribution in [0.3, 0.4) is 0 Å². The topological polar surface area (TPSA) is 42.6 Å². The molecule has 0 aliphatic rings. The number of rotatable bonds is 4. The summed E-state index contributed by atoms with van der Waals surface area (Å²) >= 11 is 5.95. The first-order chi connectivity index (χ1) is 8.60. The van der Waals surface area contributed by atoms with Gasteiger partial charge < -0.3 is 14.3 Å². The number of furan rings is 1. The minimum atomic E-state index is -0.703. The van der Waals surface area contributed by atoms with Gasteiger partial charge in [0.15, 0.2) is 0 Å². The largest absolute Gasteiger partial charge is 0.496 e. The molecule has 0 amide bonds. The molecule has 96 valence electrons. The van der Waals surface area contributed by atoms with Crippen molar-refractivity contribution in [2.45, 2.75) is 19.4 Å². The van der Waals surface area contributed by atoms with Gasteiger partial charge in [0.25, 0.3) is 0 Å². The highest BCUT2D eigenvalue weighted by Crippen LogP contribution is 2.28. The Labute approximate surface area is 111 Å². The summed E-state index contributed by atoms with van der Waals surface area (Å²) in [4.78, 5) is 0. The molecule has 2 rings (SSSR count). The molecule has 0 saturated carbocycles. The van der Waals surface area contributed by atoms with Crippen molar-refractivity contribution >= 4 is 11.6 Å². The van der Waals surface area contributed by atoms with Crippen LogP contribution in [-0.4, -0.2) is 12.2 Å². The monoisotopic (exact) mass is 266 g/mol. The lowest BCUT2D eigenvalue weighted by molar-refractivity contribution is 0.148. The Bertz CT molecular complexity index is 534. The molecule has 2 aromatic rings. The predicted molar refractivity (Wildman–Crippen MR) is 70.1 cm³/mol. The zero-order valence-corrected chi connectivity index (χ0v) is 11.1. The third kappa shape index (κ3) is 2.86. The molecule has 0 aliphatic carbocycles. The Kier molecular flexibility index (Phi) is 3.94. The first kappa shape index (κ1) is 13.0. The number of halogens is 1. The molecule has 0 aliphatic heterocycles. The molecule has 1 aromatic heterocycles. The van der Waals surface area contributed by atoms with E-state index in [-0.39, 0.29) is 0 Å². The van der Waals surface area contributed by atoms with Crippen LogP contribution in [0.4, 0.5) is 0 Å². The summed E-state index contributed by atoms with van der Waals surface area (Å²) in [6.45, 7) is 1.84. The number of methoxy groups -OCH3 is 1. The van der Waals surface area contributed by atoms with Crippen molar-refractivity contribution in [2.24, 2.45) is 0 Å². The number of hydrogen-bond acceptors (Lipinski definition) is 3. The SMILES string of the molecule is COc1ccc(Cl)cc1CC(O)c1ccc(C)o1. The van der Waals surface area contributed by atoms with E-state index in [1.807, 2.05) is 13.0 Å². The van der Waals surface area contributed by atoms with Gasteiger partial charge in [-0.1, -0.05) is 11.6 Å². The van der Waals surface area contributed by atoms with Crippen LogP contribution < -0.4 is 4.74 Å². The summed E-state index contributed by atoms with van der Waals surface area (Å²) in [7, 11) is 1.59. The molecule has 0 bridgehead atoms. The first-order valence-corrected chi connectivity index (χ1v) is 6.04. The summed E-state index contributed by atoms with van der Waals surface area (Å²) in [5, 5.41) is 10.7. The molecule has 1 aromatic carbocycles. The lowest BCUT2D eigenvalue weighted by Crippen LogP contribution is -2.02. The lowest BCUT2D eigenvalue weighted by Gasteiger charge is -2.12. The molecule has 0 radical (unpaired) electrons. The third-order valence-electron chi connectivity index (χ3n) is 2.75. The maximum atomic E-state index is 10.1. The average Bonchev–Trinajstić information content (AvgIpc) is 2.76. The number of ether oxygens (including phenoxy) is 1. The van der Waals surface area contributed by atoms with E-state index in [0.29, 0.717) is 23.0 Å². The van der Waals surface area contributed by atoms with Crippen LogP contribution in [0.5, 0.6) is 5.75 Å². The number of aliphatic hydroxyl groups is 1. The highest BCUT2D eigenvalue weighted by Gasteiger charge is 2.15. The fraction of sp³-hybridized carbons (Fsp3) is 0.286. The number of aryl methyl sites for hydroxylation is 1. The molecule has 0 saturated heterocycles. The Hall–Kier alpha value is -1.45. The van der Waals surface area contributed by atoms with Gasteiger partial charge in [-0.2, -0.15) is 0 Å². The molecule has 3 nitrogen and oxygen atoms in total. The fourth-order valence-electron chi connectivity index (χ4n) is 1.85. The van der Waals surface area contributed by atoms with Gasteiger partial charge in [-0.3, -0.25) is 0 Å². The van der Waals surface area contributed by atoms with Crippen molar-refractivity contribution in [1.29, 1.82) is 0 Å². The van der Waals surface area contributed by atoms with Gasteiger partial charge in [0.2, 0.25) is 0 Å². The average molecular weight is 267 g/mol. The lowest BCUT2D eigenvalue weighted by atomic mass is 10.1. The highest BCUT2D eigenvalue weighted by molar-refractivity contribution is 6.30. The van der Waals surface area contributed by atoms with Crippen LogP contribution in [0.15, 0.2) is 34.7 Å². The van der Waals surface area contributed by atoms with Crippen LogP contribution >= 0.6 is 11.6 Å². The van der Waals surface area contributed by atoms with E-state index in [1.54, 1.807) is 31.4 Å². The summed E-state index contributed by atoms with van der Waals surface area (Å²) in [5.41, 5.74) is 0.853. The number of aliphatic hydroxyl groups excluding tert-OH is 1. The minimum Gasteiger partial charge on any atom is -0.496 e. The van der Waals surface area contributed by atoms with E-state index in [9.17, 15) is 5.11 Å². The Morgan fingerprint density at radius 3 is 2.72 bits per heavy atom. The van der Waals surface area contributed by atoms with Crippen LogP contribution in [0, 0.1) is 6.92 Å². The summed E-state index contributed by atoms with van der Waals surface area (Å²) in [6, 6.07) is 8.94. The second-order valence-electron chi connectivity index (χ2n) is 4.12. The molecule has 1 atom stereocenters. The molecule has 18 heavy (non-hydrogen) atoms. The number of hydrogen-bond donors (Lipinski definition) is 1. The molecular formula is C14H15ClO3. The predicted octanol–water partition coefficient (Wildman–Crippen LogP) is 3.53. The van der Waals surface area contributed by atoms with Crippen molar-refractivity contribution in [3.63, 3.8) is 0 Å². The summed E-state index contributed by atoms with van der Waals surface area (Å²) < 4.78 is 10.6. The maximum Gasteiger partial charge on any atom is 0.132 e. The van der Waals surface area contributed by atoms with Gasteiger partial charge in [0, 0.05) is 11.4 Å². The molecule has 1 unspecified atom stereocenters. The zero-order chi connectivity index (χ0) is 13.1. The van der Waals surface area contributed by atoms with E-state index in [1.165, 1.54) is 0 Å². The van der Waals surface area contributed by atoms with Crippen molar-refractivity contribution < 1.29 is 14.3 Å². The van der Waals surface area contributed by atoms with E-state index in [2.05, 4.69) is 0 Å². The van der Waals surface area contributed by atoms with Crippen molar-refractivity contribution in [1.82, 2.24) is 0 Å². The summed E-state index contributed by atoms with van der Waals surface area (Å²) in [5.74, 6) is 2.04. The van der Waals surface area contributed by atoms with Crippen LogP contribution in [-0.2, 0) is 6.42 Å². The van der Waals surface area contributed by atoms with E-state index < -0.39 is 6.10 Å². The molecule has 1 heterocycles. The standard InChI is InChI=1S/C14H15ClO3/c1-9-3-5-14(18-9)12(16)8-10-7-11(15)4-6-13(10)17-2/h3-7,12,16H,8H2,1-2H3. The van der Waals surface area contributed by atoms with Gasteiger partial charge in [0.05, 0.1) is 7.11 Å². The molecule has 1 N–H and O–H groups in total. The first-order valence-electron chi connectivity index (χ1n) is 5.67. The number of benzene rings is 1.